The molecule has 0 unspecified atom stereocenters. The second-order valence-electron chi connectivity index (χ2n) is 4.07. The van der Waals surface area contributed by atoms with Crippen LogP contribution in [0.1, 0.15) is 22.3 Å². The van der Waals surface area contributed by atoms with Crippen LogP contribution in [0.25, 0.3) is 10.9 Å². The van der Waals surface area contributed by atoms with Crippen LogP contribution in [-0.2, 0) is 13.0 Å². The number of carboxylic acids is 1. The SMILES string of the molecule is O=C(O)c1cn2c3c(c(F)ccc13)CCC2. The molecule has 3 nitrogen and oxygen atoms in total. The van der Waals surface area contributed by atoms with Gasteiger partial charge < -0.3 is 9.67 Å². The second-order valence-corrected chi connectivity index (χ2v) is 4.07. The molecule has 0 amide bonds. The molecule has 0 radical (unpaired) electrons. The van der Waals surface area contributed by atoms with Crippen LogP contribution in [0.5, 0.6) is 0 Å². The highest BCUT2D eigenvalue weighted by Gasteiger charge is 2.21. The Morgan fingerprint density at radius 2 is 2.25 bits per heavy atom. The van der Waals surface area contributed by atoms with E-state index in [9.17, 15) is 9.18 Å². The molecule has 1 aliphatic heterocycles. The zero-order valence-electron chi connectivity index (χ0n) is 8.53. The molecule has 4 heteroatoms. The molecule has 0 bridgehead atoms. The first-order chi connectivity index (χ1) is 7.68. The molecule has 1 N–H and O–H groups in total. The minimum atomic E-state index is -0.955. The third-order valence-electron chi connectivity index (χ3n) is 3.14. The minimum Gasteiger partial charge on any atom is -0.478 e. The van der Waals surface area contributed by atoms with E-state index < -0.39 is 5.97 Å². The molecule has 0 fully saturated rings. The molecule has 1 aliphatic rings. The van der Waals surface area contributed by atoms with Gasteiger partial charge in [-0.15, -0.1) is 0 Å². The van der Waals surface area contributed by atoms with Crippen LogP contribution in [0.4, 0.5) is 4.39 Å². The monoisotopic (exact) mass is 219 g/mol. The molecular formula is C12H10FNO2. The summed E-state index contributed by atoms with van der Waals surface area (Å²) in [4.78, 5) is 11.1. The van der Waals surface area contributed by atoms with Crippen molar-refractivity contribution in [1.29, 1.82) is 0 Å². The molecule has 1 aromatic carbocycles. The topological polar surface area (TPSA) is 42.2 Å². The summed E-state index contributed by atoms with van der Waals surface area (Å²) in [5, 5.41) is 9.71. The van der Waals surface area contributed by atoms with Crippen LogP contribution >= 0.6 is 0 Å². The molecule has 0 saturated heterocycles. The van der Waals surface area contributed by atoms with E-state index in [0.29, 0.717) is 17.4 Å². The number of rotatable bonds is 1. The van der Waals surface area contributed by atoms with Crippen LogP contribution in [0.3, 0.4) is 0 Å². The molecule has 1 aromatic heterocycles. The Morgan fingerprint density at radius 1 is 1.44 bits per heavy atom. The number of benzene rings is 1. The van der Waals surface area contributed by atoms with E-state index in [4.69, 9.17) is 5.11 Å². The van der Waals surface area contributed by atoms with E-state index >= 15 is 0 Å². The molecule has 2 heterocycles. The summed E-state index contributed by atoms with van der Waals surface area (Å²) in [6, 6.07) is 2.92. The standard InChI is InChI=1S/C12H10FNO2/c13-10-4-3-7-9(12(15)16)6-14-5-1-2-8(10)11(7)14/h3-4,6H,1-2,5H2,(H,15,16). The maximum Gasteiger partial charge on any atom is 0.337 e. The third kappa shape index (κ3) is 1.10. The van der Waals surface area contributed by atoms with Crippen molar-refractivity contribution in [3.63, 3.8) is 0 Å². The number of carboxylic acid groups (broad SMARTS) is 1. The van der Waals surface area contributed by atoms with Crippen LogP contribution in [0.2, 0.25) is 0 Å². The number of aryl methyl sites for hydroxylation is 2. The van der Waals surface area contributed by atoms with Gasteiger partial charge in [-0.05, 0) is 25.0 Å². The smallest absolute Gasteiger partial charge is 0.337 e. The fraction of sp³-hybridized carbons (Fsp3) is 0.250. The summed E-state index contributed by atoms with van der Waals surface area (Å²) in [6.45, 7) is 0.764. The van der Waals surface area contributed by atoms with Crippen molar-refractivity contribution >= 4 is 16.9 Å². The highest BCUT2D eigenvalue weighted by molar-refractivity contribution is 6.04. The van der Waals surface area contributed by atoms with Crippen molar-refractivity contribution < 1.29 is 14.3 Å². The molecule has 0 spiro atoms. The molecule has 3 rings (SSSR count). The lowest BCUT2D eigenvalue weighted by Gasteiger charge is -2.15. The van der Waals surface area contributed by atoms with Gasteiger partial charge in [-0.2, -0.15) is 0 Å². The van der Waals surface area contributed by atoms with Crippen molar-refractivity contribution in [3.05, 3.63) is 35.3 Å². The number of halogens is 1. The maximum atomic E-state index is 13.6. The zero-order valence-corrected chi connectivity index (χ0v) is 8.53. The highest BCUT2D eigenvalue weighted by Crippen LogP contribution is 2.31. The van der Waals surface area contributed by atoms with Crippen molar-refractivity contribution in [2.24, 2.45) is 0 Å². The Bertz CT molecular complexity index is 601. The van der Waals surface area contributed by atoms with E-state index in [2.05, 4.69) is 0 Å². The summed E-state index contributed by atoms with van der Waals surface area (Å²) in [7, 11) is 0. The number of hydrogen-bond acceptors (Lipinski definition) is 1. The van der Waals surface area contributed by atoms with Gasteiger partial charge in [0.1, 0.15) is 5.82 Å². The Morgan fingerprint density at radius 3 is 3.00 bits per heavy atom. The summed E-state index contributed by atoms with van der Waals surface area (Å²) >= 11 is 0. The lowest BCUT2D eigenvalue weighted by molar-refractivity contribution is 0.0699. The van der Waals surface area contributed by atoms with Crippen LogP contribution < -0.4 is 0 Å². The van der Waals surface area contributed by atoms with Gasteiger partial charge in [0.2, 0.25) is 0 Å². The van der Waals surface area contributed by atoms with E-state index in [1.165, 1.54) is 6.07 Å². The lowest BCUT2D eigenvalue weighted by atomic mass is 10.0. The van der Waals surface area contributed by atoms with Crippen LogP contribution in [0.15, 0.2) is 18.3 Å². The van der Waals surface area contributed by atoms with Gasteiger partial charge in [0, 0.05) is 23.7 Å². The first kappa shape index (κ1) is 9.39. The van der Waals surface area contributed by atoms with E-state index in [0.717, 1.165) is 18.5 Å². The van der Waals surface area contributed by atoms with Gasteiger partial charge in [-0.1, -0.05) is 0 Å². The number of aromatic nitrogens is 1. The average molecular weight is 219 g/mol. The highest BCUT2D eigenvalue weighted by atomic mass is 19.1. The lowest BCUT2D eigenvalue weighted by Crippen LogP contribution is -2.08. The molecule has 2 aromatic rings. The summed E-state index contributed by atoms with van der Waals surface area (Å²) < 4.78 is 15.4. The Balaban J connectivity index is 2.45. The normalized spacial score (nSPS) is 14.3. The van der Waals surface area contributed by atoms with Gasteiger partial charge in [0.05, 0.1) is 11.1 Å². The van der Waals surface area contributed by atoms with E-state index in [1.54, 1.807) is 12.3 Å². The number of aromatic carboxylic acids is 1. The number of hydrogen-bond donors (Lipinski definition) is 1. The molecule has 0 atom stereocenters. The molecule has 16 heavy (non-hydrogen) atoms. The zero-order chi connectivity index (χ0) is 11.3. The van der Waals surface area contributed by atoms with E-state index in [-0.39, 0.29) is 11.4 Å². The molecular weight excluding hydrogens is 209 g/mol. The molecule has 0 saturated carbocycles. The van der Waals surface area contributed by atoms with Gasteiger partial charge in [-0.3, -0.25) is 0 Å². The molecule has 0 aliphatic carbocycles. The second kappa shape index (κ2) is 3.07. The van der Waals surface area contributed by atoms with Crippen molar-refractivity contribution in [1.82, 2.24) is 4.57 Å². The van der Waals surface area contributed by atoms with E-state index in [1.807, 2.05) is 4.57 Å². The van der Waals surface area contributed by atoms with Crippen molar-refractivity contribution in [3.8, 4) is 0 Å². The predicted molar refractivity (Wildman–Crippen MR) is 57.2 cm³/mol. The van der Waals surface area contributed by atoms with Gasteiger partial charge in [0.25, 0.3) is 0 Å². The quantitative estimate of drug-likeness (QED) is 0.800. The van der Waals surface area contributed by atoms with Crippen LogP contribution in [0, 0.1) is 5.82 Å². The van der Waals surface area contributed by atoms with Crippen molar-refractivity contribution in [2.75, 3.05) is 0 Å². The summed E-state index contributed by atoms with van der Waals surface area (Å²) in [5.74, 6) is -1.19. The van der Waals surface area contributed by atoms with Gasteiger partial charge in [-0.25, -0.2) is 9.18 Å². The largest absolute Gasteiger partial charge is 0.478 e. The molecule has 82 valence electrons. The number of nitrogens with zero attached hydrogens (tertiary/aromatic N) is 1. The number of carbonyl (C=O) groups is 1. The Kier molecular flexibility index (Phi) is 1.80. The maximum absolute atomic E-state index is 13.6. The fourth-order valence-electron chi connectivity index (χ4n) is 2.46. The van der Waals surface area contributed by atoms with Gasteiger partial charge in [0.15, 0.2) is 0 Å². The average Bonchev–Trinajstić information content (AvgIpc) is 2.64. The predicted octanol–water partition coefficient (Wildman–Crippen LogP) is 2.42. The summed E-state index contributed by atoms with van der Waals surface area (Å²) in [5.41, 5.74) is 1.66. The van der Waals surface area contributed by atoms with Gasteiger partial charge >= 0.3 is 5.97 Å². The Labute approximate surface area is 91.1 Å². The fourth-order valence-corrected chi connectivity index (χ4v) is 2.46. The third-order valence-corrected chi connectivity index (χ3v) is 3.14. The Hall–Kier alpha value is -1.84. The van der Waals surface area contributed by atoms with Crippen LogP contribution in [-0.4, -0.2) is 15.6 Å². The van der Waals surface area contributed by atoms with Crippen molar-refractivity contribution in [2.45, 2.75) is 19.4 Å². The first-order valence-electron chi connectivity index (χ1n) is 5.22. The summed E-state index contributed by atoms with van der Waals surface area (Å²) in [6.07, 6.45) is 3.15. The minimum absolute atomic E-state index is 0.233. The first-order valence-corrected chi connectivity index (χ1v) is 5.22.